The molecule has 0 aliphatic rings. The van der Waals surface area contributed by atoms with E-state index < -0.39 is 17.4 Å². The van der Waals surface area contributed by atoms with Crippen molar-refractivity contribution < 1.29 is 19.4 Å². The van der Waals surface area contributed by atoms with E-state index in [2.05, 4.69) is 12.2 Å². The van der Waals surface area contributed by atoms with Gasteiger partial charge in [0.25, 0.3) is 0 Å². The molecule has 0 saturated carbocycles. The minimum absolute atomic E-state index is 0.0168. The zero-order valence-corrected chi connectivity index (χ0v) is 20.2. The first-order valence-electron chi connectivity index (χ1n) is 12.3. The van der Waals surface area contributed by atoms with Gasteiger partial charge in [0, 0.05) is 18.4 Å². The zero-order chi connectivity index (χ0) is 23.4. The van der Waals surface area contributed by atoms with E-state index in [9.17, 15) is 14.7 Å². The molecule has 6 nitrogen and oxygen atoms in total. The van der Waals surface area contributed by atoms with E-state index in [0.29, 0.717) is 6.42 Å². The van der Waals surface area contributed by atoms with E-state index in [4.69, 9.17) is 10.00 Å². The van der Waals surface area contributed by atoms with Crippen molar-refractivity contribution in [2.24, 2.45) is 5.41 Å². The van der Waals surface area contributed by atoms with Gasteiger partial charge in [-0.2, -0.15) is 5.26 Å². The Kier molecular flexibility index (Phi) is 18.1. The van der Waals surface area contributed by atoms with Crippen LogP contribution in [0.2, 0.25) is 0 Å². The van der Waals surface area contributed by atoms with Gasteiger partial charge in [-0.15, -0.1) is 0 Å². The number of hydrogen-bond donors (Lipinski definition) is 2. The van der Waals surface area contributed by atoms with Gasteiger partial charge in [-0.1, -0.05) is 97.8 Å². The van der Waals surface area contributed by atoms with Crippen LogP contribution in [0.5, 0.6) is 0 Å². The Bertz CT molecular complexity index is 514. The van der Waals surface area contributed by atoms with Crippen molar-refractivity contribution in [2.75, 3.05) is 13.2 Å². The second kappa shape index (κ2) is 19.1. The number of carbonyl (C=O) groups excluding carboxylic acids is 2. The number of carbonyl (C=O) groups is 2. The summed E-state index contributed by atoms with van der Waals surface area (Å²) in [4.78, 5) is 23.9. The molecule has 0 heterocycles. The van der Waals surface area contributed by atoms with Crippen molar-refractivity contribution in [3.63, 3.8) is 0 Å². The van der Waals surface area contributed by atoms with Crippen LogP contribution in [0.3, 0.4) is 0 Å². The number of aliphatic hydroxyl groups excluding tert-OH is 1. The van der Waals surface area contributed by atoms with Crippen LogP contribution in [-0.4, -0.2) is 36.2 Å². The minimum Gasteiger partial charge on any atom is -0.465 e. The van der Waals surface area contributed by atoms with Crippen molar-refractivity contribution in [2.45, 2.75) is 123 Å². The van der Waals surface area contributed by atoms with Crippen LogP contribution < -0.4 is 5.32 Å². The molecule has 0 radical (unpaired) electrons. The van der Waals surface area contributed by atoms with Gasteiger partial charge in [0.05, 0.1) is 19.1 Å². The fraction of sp³-hybridized carbons (Fsp3) is 0.880. The van der Waals surface area contributed by atoms with E-state index >= 15 is 0 Å². The highest BCUT2D eigenvalue weighted by molar-refractivity contribution is 5.81. The number of nitrogens with zero attached hydrogens (tertiary/aromatic N) is 1. The van der Waals surface area contributed by atoms with Crippen LogP contribution in [0.25, 0.3) is 0 Å². The Balaban J connectivity index is 3.68. The molecule has 0 fully saturated rings. The highest BCUT2D eigenvalue weighted by Gasteiger charge is 2.34. The molecule has 180 valence electrons. The third kappa shape index (κ3) is 16.7. The van der Waals surface area contributed by atoms with Crippen LogP contribution in [0, 0.1) is 16.7 Å². The summed E-state index contributed by atoms with van der Waals surface area (Å²) >= 11 is 0. The van der Waals surface area contributed by atoms with Crippen LogP contribution in [0.15, 0.2) is 0 Å². The van der Waals surface area contributed by atoms with Gasteiger partial charge in [-0.25, -0.2) is 0 Å². The maximum Gasteiger partial charge on any atom is 0.305 e. The minimum atomic E-state index is -1.30. The van der Waals surface area contributed by atoms with Gasteiger partial charge in [-0.3, -0.25) is 9.59 Å². The molecule has 6 heteroatoms. The first-order valence-corrected chi connectivity index (χ1v) is 12.3. The lowest BCUT2D eigenvalue weighted by Crippen LogP contribution is -2.46. The van der Waals surface area contributed by atoms with Gasteiger partial charge < -0.3 is 15.2 Å². The molecular weight excluding hydrogens is 392 g/mol. The standard InChI is InChI=1S/C25H46N2O4/c1-4-5-6-7-8-9-10-11-12-13-14-15-16-18-22(28)31-21-25(2,3)23(29)24(30)27-20-17-19-26/h23,29H,4-18,20-21H2,1-3H3,(H,27,30). The maximum absolute atomic E-state index is 12.0. The zero-order valence-electron chi connectivity index (χ0n) is 20.2. The number of amides is 1. The molecule has 0 spiro atoms. The average molecular weight is 439 g/mol. The van der Waals surface area contributed by atoms with E-state index in [1.54, 1.807) is 13.8 Å². The molecule has 0 aromatic carbocycles. The summed E-state index contributed by atoms with van der Waals surface area (Å²) < 4.78 is 5.28. The summed E-state index contributed by atoms with van der Waals surface area (Å²) in [5, 5.41) is 21.2. The monoisotopic (exact) mass is 438 g/mol. The number of unbranched alkanes of at least 4 members (excludes halogenated alkanes) is 12. The fourth-order valence-corrected chi connectivity index (χ4v) is 3.40. The lowest BCUT2D eigenvalue weighted by Gasteiger charge is -2.28. The van der Waals surface area contributed by atoms with Gasteiger partial charge in [-0.05, 0) is 6.42 Å². The molecule has 0 bridgehead atoms. The normalized spacial score (nSPS) is 12.2. The number of rotatable bonds is 20. The lowest BCUT2D eigenvalue weighted by molar-refractivity contribution is -0.153. The third-order valence-electron chi connectivity index (χ3n) is 5.61. The van der Waals surface area contributed by atoms with Gasteiger partial charge in [0.15, 0.2) is 0 Å². The highest BCUT2D eigenvalue weighted by Crippen LogP contribution is 2.22. The summed E-state index contributed by atoms with van der Waals surface area (Å²) in [7, 11) is 0. The predicted molar refractivity (Wildman–Crippen MR) is 124 cm³/mol. The van der Waals surface area contributed by atoms with E-state index in [1.807, 2.05) is 6.07 Å². The van der Waals surface area contributed by atoms with Gasteiger partial charge >= 0.3 is 5.97 Å². The van der Waals surface area contributed by atoms with Crippen molar-refractivity contribution in [3.8, 4) is 6.07 Å². The van der Waals surface area contributed by atoms with Crippen molar-refractivity contribution in [1.29, 1.82) is 5.26 Å². The molecule has 0 saturated heterocycles. The molecule has 0 rings (SSSR count). The first-order chi connectivity index (χ1) is 14.8. The first kappa shape index (κ1) is 29.4. The van der Waals surface area contributed by atoms with E-state index in [1.165, 1.54) is 64.2 Å². The summed E-state index contributed by atoms with van der Waals surface area (Å²) in [6, 6.07) is 1.93. The Morgan fingerprint density at radius 2 is 1.42 bits per heavy atom. The molecule has 1 unspecified atom stereocenters. The smallest absolute Gasteiger partial charge is 0.305 e. The summed E-state index contributed by atoms with van der Waals surface area (Å²) in [6.07, 6.45) is 15.6. The Labute approximate surface area is 190 Å². The van der Waals surface area contributed by atoms with Crippen LogP contribution in [0.4, 0.5) is 0 Å². The molecule has 0 aliphatic carbocycles. The quantitative estimate of drug-likeness (QED) is 0.195. The number of esters is 1. The Morgan fingerprint density at radius 1 is 0.935 bits per heavy atom. The molecule has 31 heavy (non-hydrogen) atoms. The van der Waals surface area contributed by atoms with Crippen LogP contribution in [0.1, 0.15) is 117 Å². The van der Waals surface area contributed by atoms with Crippen LogP contribution >= 0.6 is 0 Å². The van der Waals surface area contributed by atoms with Crippen LogP contribution in [-0.2, 0) is 14.3 Å². The number of aliphatic hydroxyl groups is 1. The van der Waals surface area contributed by atoms with E-state index in [-0.39, 0.29) is 25.5 Å². The topological polar surface area (TPSA) is 99.4 Å². The number of hydrogen-bond acceptors (Lipinski definition) is 5. The SMILES string of the molecule is CCCCCCCCCCCCCCCC(=O)OCC(C)(C)C(O)C(=O)NCCC#N. The lowest BCUT2D eigenvalue weighted by atomic mass is 9.87. The average Bonchev–Trinajstić information content (AvgIpc) is 2.75. The number of ether oxygens (including phenoxy) is 1. The molecule has 0 aliphatic heterocycles. The molecule has 1 atom stereocenters. The summed E-state index contributed by atoms with van der Waals surface area (Å²) in [5.41, 5.74) is -0.887. The third-order valence-corrected chi connectivity index (χ3v) is 5.61. The Hall–Kier alpha value is -1.61. The largest absolute Gasteiger partial charge is 0.465 e. The maximum atomic E-state index is 12.0. The van der Waals surface area contributed by atoms with E-state index in [0.717, 1.165) is 19.3 Å². The van der Waals surface area contributed by atoms with Crippen molar-refractivity contribution >= 4 is 11.9 Å². The van der Waals surface area contributed by atoms with Gasteiger partial charge in [0.1, 0.15) is 6.10 Å². The molecule has 1 amide bonds. The Morgan fingerprint density at radius 3 is 1.90 bits per heavy atom. The second-order valence-electron chi connectivity index (χ2n) is 9.24. The van der Waals surface area contributed by atoms with Crippen molar-refractivity contribution in [1.82, 2.24) is 5.32 Å². The molecular formula is C25H46N2O4. The number of nitriles is 1. The highest BCUT2D eigenvalue weighted by atomic mass is 16.5. The van der Waals surface area contributed by atoms with Gasteiger partial charge in [0.2, 0.25) is 5.91 Å². The molecule has 0 aromatic heterocycles. The molecule has 0 aromatic rings. The molecule has 2 N–H and O–H groups in total. The second-order valence-corrected chi connectivity index (χ2v) is 9.24. The predicted octanol–water partition coefficient (Wildman–Crippen LogP) is 5.43. The van der Waals surface area contributed by atoms with Crippen molar-refractivity contribution in [3.05, 3.63) is 0 Å². The number of nitrogens with one attached hydrogen (secondary N) is 1. The summed E-state index contributed by atoms with van der Waals surface area (Å²) in [5.74, 6) is -0.832. The summed E-state index contributed by atoms with van der Waals surface area (Å²) in [6.45, 7) is 5.79. The fourth-order valence-electron chi connectivity index (χ4n) is 3.40.